The van der Waals surface area contributed by atoms with Gasteiger partial charge >= 0.3 is 0 Å². The standard InChI is InChI=1S/C66H48BNS2/c1-66(2,3)49-23-19-22-44(39-49)45-36-46(38-48(37-45)64-55-30-15-13-28-53(55)63(43-20-7-4-8-21-43)54-29-14-16-31-56(54)64)47-40-61-65-62(41-47)70-60-42-52(34-35-58(60)67(65)57-32-17-18-33-59(57)69-61)68(50-24-9-5-10-25-50)51-26-11-6-12-27-51/h4-42H,1-3H3. The van der Waals surface area contributed by atoms with Crippen molar-refractivity contribution in [3.63, 3.8) is 0 Å². The molecule has 2 aliphatic heterocycles. The van der Waals surface area contributed by atoms with Crippen molar-refractivity contribution in [2.75, 3.05) is 4.90 Å². The molecule has 0 unspecified atom stereocenters. The summed E-state index contributed by atoms with van der Waals surface area (Å²) in [7, 11) is 0. The number of benzene rings is 11. The van der Waals surface area contributed by atoms with Crippen LogP contribution in [0.1, 0.15) is 26.3 Å². The summed E-state index contributed by atoms with van der Waals surface area (Å²) < 4.78 is 0. The predicted molar refractivity (Wildman–Crippen MR) is 302 cm³/mol. The van der Waals surface area contributed by atoms with Crippen molar-refractivity contribution in [3.05, 3.63) is 242 Å². The van der Waals surface area contributed by atoms with Gasteiger partial charge < -0.3 is 4.90 Å². The first-order valence-electron chi connectivity index (χ1n) is 24.3. The summed E-state index contributed by atoms with van der Waals surface area (Å²) in [5.41, 5.74) is 18.8. The smallest absolute Gasteiger partial charge is 0.247 e. The van der Waals surface area contributed by atoms with E-state index in [4.69, 9.17) is 0 Å². The van der Waals surface area contributed by atoms with E-state index < -0.39 is 0 Å². The normalized spacial score (nSPS) is 12.6. The van der Waals surface area contributed by atoms with Gasteiger partial charge in [0.15, 0.2) is 0 Å². The molecule has 4 heteroatoms. The number of hydrogen-bond acceptors (Lipinski definition) is 3. The Morgan fingerprint density at radius 1 is 0.329 bits per heavy atom. The Bertz CT molecular complexity index is 3730. The number of hydrogen-bond donors (Lipinski definition) is 0. The Morgan fingerprint density at radius 3 is 1.41 bits per heavy atom. The van der Waals surface area contributed by atoms with Gasteiger partial charge in [-0.1, -0.05) is 219 Å². The topological polar surface area (TPSA) is 3.24 Å². The summed E-state index contributed by atoms with van der Waals surface area (Å²) in [6, 6.07) is 88.2. The van der Waals surface area contributed by atoms with Crippen LogP contribution in [-0.2, 0) is 5.41 Å². The fourth-order valence-electron chi connectivity index (χ4n) is 11.0. The van der Waals surface area contributed by atoms with Gasteiger partial charge in [-0.25, -0.2) is 0 Å². The van der Waals surface area contributed by atoms with E-state index in [1.54, 1.807) is 0 Å². The summed E-state index contributed by atoms with van der Waals surface area (Å²) in [5, 5.41) is 5.03. The lowest BCUT2D eigenvalue weighted by atomic mass is 9.36. The van der Waals surface area contributed by atoms with E-state index in [0.717, 1.165) is 17.1 Å². The van der Waals surface area contributed by atoms with E-state index in [9.17, 15) is 0 Å². The molecule has 1 nitrogen and oxygen atoms in total. The molecule has 11 aromatic rings. The van der Waals surface area contributed by atoms with Gasteiger partial charge in [-0.15, -0.1) is 0 Å². The average molecular weight is 930 g/mol. The second-order valence-electron chi connectivity index (χ2n) is 19.6. The third-order valence-corrected chi connectivity index (χ3v) is 16.5. The van der Waals surface area contributed by atoms with Gasteiger partial charge in [-0.3, -0.25) is 0 Å². The van der Waals surface area contributed by atoms with Crippen LogP contribution in [0.25, 0.3) is 66.1 Å². The van der Waals surface area contributed by atoms with Crippen LogP contribution in [0.3, 0.4) is 0 Å². The van der Waals surface area contributed by atoms with Gasteiger partial charge in [0, 0.05) is 36.6 Å². The molecular formula is C66H48BNS2. The highest BCUT2D eigenvalue weighted by Gasteiger charge is 2.39. The number of nitrogens with zero attached hydrogens (tertiary/aromatic N) is 1. The summed E-state index contributed by atoms with van der Waals surface area (Å²) in [4.78, 5) is 7.65. The fourth-order valence-corrected chi connectivity index (χ4v) is 13.5. The van der Waals surface area contributed by atoms with Crippen LogP contribution < -0.4 is 21.3 Å². The molecule has 0 amide bonds. The molecule has 2 aliphatic rings. The van der Waals surface area contributed by atoms with Crippen molar-refractivity contribution in [2.24, 2.45) is 0 Å². The highest BCUT2D eigenvalue weighted by atomic mass is 32.2. The van der Waals surface area contributed by atoms with Crippen LogP contribution in [0.4, 0.5) is 17.1 Å². The summed E-state index contributed by atoms with van der Waals surface area (Å²) in [5.74, 6) is 0. The van der Waals surface area contributed by atoms with E-state index in [1.165, 1.54) is 108 Å². The van der Waals surface area contributed by atoms with E-state index in [2.05, 4.69) is 262 Å². The molecule has 13 rings (SSSR count). The van der Waals surface area contributed by atoms with Crippen molar-refractivity contribution < 1.29 is 0 Å². The second kappa shape index (κ2) is 17.2. The van der Waals surface area contributed by atoms with Gasteiger partial charge in [0.2, 0.25) is 6.71 Å². The Hall–Kier alpha value is -7.50. The summed E-state index contributed by atoms with van der Waals surface area (Å²) in [6.45, 7) is 7.05. The molecule has 0 atom stereocenters. The first-order valence-corrected chi connectivity index (χ1v) is 25.9. The van der Waals surface area contributed by atoms with Gasteiger partial charge in [-0.05, 0) is 155 Å². The Labute approximate surface area is 420 Å². The van der Waals surface area contributed by atoms with Crippen molar-refractivity contribution in [1.29, 1.82) is 0 Å². The SMILES string of the molecule is CC(C)(C)c1cccc(-c2cc(-c3cc4c5c(c3)Sc3cc(N(c6ccccc6)c6ccccc6)ccc3B5c3ccccc3S4)cc(-c3c4ccccc4c(-c4ccccc4)c4ccccc34)c2)c1. The van der Waals surface area contributed by atoms with Crippen LogP contribution in [0.5, 0.6) is 0 Å². The van der Waals surface area contributed by atoms with Crippen LogP contribution in [0.2, 0.25) is 0 Å². The molecule has 0 saturated carbocycles. The van der Waals surface area contributed by atoms with Crippen molar-refractivity contribution in [1.82, 2.24) is 0 Å². The van der Waals surface area contributed by atoms with Crippen LogP contribution in [-0.4, -0.2) is 6.71 Å². The zero-order chi connectivity index (χ0) is 46.9. The molecule has 332 valence electrons. The van der Waals surface area contributed by atoms with Gasteiger partial charge in [0.1, 0.15) is 0 Å². The largest absolute Gasteiger partial charge is 0.310 e. The molecule has 11 aromatic carbocycles. The maximum absolute atomic E-state index is 2.50. The molecule has 0 bridgehead atoms. The Morgan fingerprint density at radius 2 is 0.800 bits per heavy atom. The second-order valence-corrected chi connectivity index (χ2v) is 21.8. The number of rotatable bonds is 7. The zero-order valence-electron chi connectivity index (χ0n) is 39.4. The maximum atomic E-state index is 2.50. The number of fused-ring (bicyclic) bond motifs is 6. The first kappa shape index (κ1) is 42.6. The lowest BCUT2D eigenvalue weighted by Crippen LogP contribution is -2.58. The van der Waals surface area contributed by atoms with Gasteiger partial charge in [0.25, 0.3) is 0 Å². The molecule has 70 heavy (non-hydrogen) atoms. The van der Waals surface area contributed by atoms with Gasteiger partial charge in [-0.2, -0.15) is 0 Å². The Kier molecular flexibility index (Phi) is 10.4. The van der Waals surface area contributed by atoms with Crippen LogP contribution in [0.15, 0.2) is 256 Å². The minimum Gasteiger partial charge on any atom is -0.310 e. The lowest BCUT2D eigenvalue weighted by molar-refractivity contribution is 0.590. The third kappa shape index (κ3) is 7.37. The molecule has 0 aromatic heterocycles. The van der Waals surface area contributed by atoms with E-state index >= 15 is 0 Å². The summed E-state index contributed by atoms with van der Waals surface area (Å²) in [6.07, 6.45) is 0. The Balaban J connectivity index is 1.03. The summed E-state index contributed by atoms with van der Waals surface area (Å²) >= 11 is 3.85. The molecule has 0 aliphatic carbocycles. The van der Waals surface area contributed by atoms with E-state index in [1.807, 2.05) is 23.5 Å². The lowest BCUT2D eigenvalue weighted by Gasteiger charge is -2.34. The quantitative estimate of drug-likeness (QED) is 0.116. The van der Waals surface area contributed by atoms with Crippen LogP contribution in [0, 0.1) is 0 Å². The molecule has 0 fully saturated rings. The zero-order valence-corrected chi connectivity index (χ0v) is 41.0. The van der Waals surface area contributed by atoms with E-state index in [0.29, 0.717) is 0 Å². The molecule has 0 radical (unpaired) electrons. The van der Waals surface area contributed by atoms with Crippen LogP contribution >= 0.6 is 23.5 Å². The molecule has 0 saturated heterocycles. The average Bonchev–Trinajstić information content (AvgIpc) is 3.40. The predicted octanol–water partition coefficient (Wildman–Crippen LogP) is 16.9. The van der Waals surface area contributed by atoms with Crippen molar-refractivity contribution >= 4 is 85.2 Å². The number of anilines is 3. The van der Waals surface area contributed by atoms with E-state index in [-0.39, 0.29) is 12.1 Å². The monoisotopic (exact) mass is 929 g/mol. The minimum atomic E-state index is 0.00787. The molecule has 0 spiro atoms. The van der Waals surface area contributed by atoms with Crippen molar-refractivity contribution in [2.45, 2.75) is 45.8 Å². The molecule has 2 heterocycles. The first-order chi connectivity index (χ1) is 34.3. The number of para-hydroxylation sites is 2. The highest BCUT2D eigenvalue weighted by molar-refractivity contribution is 8.01. The molecule has 0 N–H and O–H groups in total. The molecular weight excluding hydrogens is 882 g/mol. The minimum absolute atomic E-state index is 0.00787. The van der Waals surface area contributed by atoms with Gasteiger partial charge in [0.05, 0.1) is 0 Å². The maximum Gasteiger partial charge on any atom is 0.247 e. The third-order valence-electron chi connectivity index (χ3n) is 14.3. The fraction of sp³-hybridized carbons (Fsp3) is 0.0606. The van der Waals surface area contributed by atoms with Crippen molar-refractivity contribution in [3.8, 4) is 44.5 Å². The highest BCUT2D eigenvalue weighted by Crippen LogP contribution is 2.48.